The van der Waals surface area contributed by atoms with Crippen LogP contribution >= 0.6 is 0 Å². The molecule has 2 aromatic rings. The summed E-state index contributed by atoms with van der Waals surface area (Å²) >= 11 is 0. The van der Waals surface area contributed by atoms with E-state index in [9.17, 15) is 9.59 Å². The third-order valence-electron chi connectivity index (χ3n) is 2.46. The first-order chi connectivity index (χ1) is 9.78. The highest BCUT2D eigenvalue weighted by Gasteiger charge is 2.02. The highest BCUT2D eigenvalue weighted by Crippen LogP contribution is 2.16. The molecule has 0 aromatic heterocycles. The molecule has 0 aliphatic rings. The van der Waals surface area contributed by atoms with Gasteiger partial charge in [-0.1, -0.05) is 18.2 Å². The Balaban J connectivity index is 1.89. The van der Waals surface area contributed by atoms with Gasteiger partial charge in [-0.15, -0.1) is 0 Å². The van der Waals surface area contributed by atoms with Gasteiger partial charge in [0.2, 0.25) is 0 Å². The van der Waals surface area contributed by atoms with Gasteiger partial charge < -0.3 is 15.4 Å². The molecule has 0 spiro atoms. The number of urea groups is 1. The van der Waals surface area contributed by atoms with E-state index in [-0.39, 0.29) is 12.6 Å². The van der Waals surface area contributed by atoms with Gasteiger partial charge in [0.15, 0.2) is 6.29 Å². The van der Waals surface area contributed by atoms with Crippen molar-refractivity contribution in [1.82, 2.24) is 0 Å². The molecule has 0 radical (unpaired) electrons. The fraction of sp³-hybridized carbons (Fsp3) is 0.0667. The Morgan fingerprint density at radius 3 is 2.15 bits per heavy atom. The molecular weight excluding hydrogens is 256 g/mol. The van der Waals surface area contributed by atoms with Crippen LogP contribution in [0.2, 0.25) is 0 Å². The number of rotatable bonds is 5. The van der Waals surface area contributed by atoms with E-state index in [0.717, 1.165) is 5.69 Å². The number of nitrogens with one attached hydrogen (secondary N) is 2. The molecule has 5 heteroatoms. The highest BCUT2D eigenvalue weighted by molar-refractivity contribution is 5.99. The summed E-state index contributed by atoms with van der Waals surface area (Å²) in [5, 5.41) is 5.41. The smallest absolute Gasteiger partial charge is 0.323 e. The lowest BCUT2D eigenvalue weighted by Gasteiger charge is -2.08. The first-order valence-electron chi connectivity index (χ1n) is 6.07. The van der Waals surface area contributed by atoms with Crippen molar-refractivity contribution < 1.29 is 14.3 Å². The molecule has 20 heavy (non-hydrogen) atoms. The number of hydrogen-bond acceptors (Lipinski definition) is 3. The van der Waals surface area contributed by atoms with E-state index < -0.39 is 0 Å². The largest absolute Gasteiger partial charge is 0.486 e. The van der Waals surface area contributed by atoms with Crippen molar-refractivity contribution >= 4 is 23.7 Å². The van der Waals surface area contributed by atoms with Gasteiger partial charge in [0.05, 0.1) is 0 Å². The molecule has 0 fully saturated rings. The van der Waals surface area contributed by atoms with Crippen LogP contribution in [0, 0.1) is 0 Å². The highest BCUT2D eigenvalue weighted by atomic mass is 16.5. The third kappa shape index (κ3) is 4.13. The van der Waals surface area contributed by atoms with Crippen molar-refractivity contribution in [2.75, 3.05) is 17.2 Å². The Morgan fingerprint density at radius 2 is 1.55 bits per heavy atom. The first-order valence-corrected chi connectivity index (χ1v) is 6.07. The zero-order chi connectivity index (χ0) is 14.2. The number of ether oxygens (including phenoxy) is 1. The average molecular weight is 270 g/mol. The molecule has 2 amide bonds. The molecule has 2 aromatic carbocycles. The maximum absolute atomic E-state index is 11.7. The molecule has 0 aliphatic heterocycles. The minimum atomic E-state index is -0.322. The molecule has 0 atom stereocenters. The molecule has 2 rings (SSSR count). The lowest BCUT2D eigenvalue weighted by Crippen LogP contribution is -2.19. The summed E-state index contributed by atoms with van der Waals surface area (Å²) in [6.07, 6.45) is 0.680. The predicted octanol–water partition coefficient (Wildman–Crippen LogP) is 2.91. The van der Waals surface area contributed by atoms with Crippen molar-refractivity contribution in [3.8, 4) is 5.75 Å². The van der Waals surface area contributed by atoms with Gasteiger partial charge in [0.25, 0.3) is 0 Å². The maximum atomic E-state index is 11.7. The fourth-order valence-electron chi connectivity index (χ4n) is 1.58. The van der Waals surface area contributed by atoms with E-state index in [1.54, 1.807) is 36.4 Å². The van der Waals surface area contributed by atoms with Gasteiger partial charge in [-0.3, -0.25) is 4.79 Å². The summed E-state index contributed by atoms with van der Waals surface area (Å²) in [4.78, 5) is 21.9. The normalized spacial score (nSPS) is 9.60. The van der Waals surface area contributed by atoms with Gasteiger partial charge in [0, 0.05) is 11.4 Å². The number of benzene rings is 2. The SMILES string of the molecule is O=CCOc1ccc(NC(=O)Nc2ccccc2)cc1. The summed E-state index contributed by atoms with van der Waals surface area (Å²) in [6.45, 7) is 0.0151. The van der Waals surface area contributed by atoms with Gasteiger partial charge in [-0.05, 0) is 36.4 Å². The molecule has 2 N–H and O–H groups in total. The number of carbonyl (C=O) groups is 2. The van der Waals surface area contributed by atoms with E-state index >= 15 is 0 Å². The van der Waals surface area contributed by atoms with E-state index in [0.29, 0.717) is 17.7 Å². The summed E-state index contributed by atoms with van der Waals surface area (Å²) in [5.41, 5.74) is 1.35. The number of amides is 2. The maximum Gasteiger partial charge on any atom is 0.323 e. The second-order valence-electron chi connectivity index (χ2n) is 3.95. The average Bonchev–Trinajstić information content (AvgIpc) is 2.47. The summed E-state index contributed by atoms with van der Waals surface area (Å²) in [7, 11) is 0. The molecule has 5 nitrogen and oxygen atoms in total. The molecule has 102 valence electrons. The molecule has 0 bridgehead atoms. The predicted molar refractivity (Wildman–Crippen MR) is 77.1 cm³/mol. The van der Waals surface area contributed by atoms with Crippen molar-refractivity contribution in [3.05, 3.63) is 54.6 Å². The van der Waals surface area contributed by atoms with Gasteiger partial charge in [0.1, 0.15) is 12.4 Å². The number of hydrogen-bond donors (Lipinski definition) is 2. The van der Waals surface area contributed by atoms with Crippen molar-refractivity contribution in [3.63, 3.8) is 0 Å². The van der Waals surface area contributed by atoms with Gasteiger partial charge in [-0.2, -0.15) is 0 Å². The second-order valence-corrected chi connectivity index (χ2v) is 3.95. The zero-order valence-corrected chi connectivity index (χ0v) is 10.7. The van der Waals surface area contributed by atoms with Crippen molar-refractivity contribution in [1.29, 1.82) is 0 Å². The quantitative estimate of drug-likeness (QED) is 0.821. The summed E-state index contributed by atoms with van der Waals surface area (Å²) in [6, 6.07) is 15.6. The Labute approximate surface area is 116 Å². The Bertz CT molecular complexity index is 567. The lowest BCUT2D eigenvalue weighted by molar-refractivity contribution is -0.109. The zero-order valence-electron chi connectivity index (χ0n) is 10.7. The number of anilines is 2. The monoisotopic (exact) mass is 270 g/mol. The number of carbonyl (C=O) groups excluding carboxylic acids is 2. The van der Waals surface area contributed by atoms with Crippen LogP contribution < -0.4 is 15.4 Å². The van der Waals surface area contributed by atoms with Crippen LogP contribution in [0.3, 0.4) is 0 Å². The molecule has 0 saturated heterocycles. The molecule has 0 saturated carbocycles. The Morgan fingerprint density at radius 1 is 0.950 bits per heavy atom. The summed E-state index contributed by atoms with van der Waals surface area (Å²) in [5.74, 6) is 0.575. The standard InChI is InChI=1S/C15H14N2O3/c18-10-11-20-14-8-6-13(7-9-14)17-15(19)16-12-4-2-1-3-5-12/h1-10H,11H2,(H2,16,17,19). The van der Waals surface area contributed by atoms with Crippen molar-refractivity contribution in [2.24, 2.45) is 0 Å². The van der Waals surface area contributed by atoms with E-state index in [4.69, 9.17) is 4.74 Å². The summed E-state index contributed by atoms with van der Waals surface area (Å²) < 4.78 is 5.11. The van der Waals surface area contributed by atoms with E-state index in [1.807, 2.05) is 18.2 Å². The van der Waals surface area contributed by atoms with Crippen LogP contribution in [0.1, 0.15) is 0 Å². The minimum absolute atomic E-state index is 0.0151. The third-order valence-corrected chi connectivity index (χ3v) is 2.46. The Hall–Kier alpha value is -2.82. The molecule has 0 unspecified atom stereocenters. The van der Waals surface area contributed by atoms with Gasteiger partial charge >= 0.3 is 6.03 Å². The minimum Gasteiger partial charge on any atom is -0.486 e. The van der Waals surface area contributed by atoms with Crippen LogP contribution in [0.4, 0.5) is 16.2 Å². The fourth-order valence-corrected chi connectivity index (χ4v) is 1.58. The second kappa shape index (κ2) is 6.94. The van der Waals surface area contributed by atoms with E-state index in [2.05, 4.69) is 10.6 Å². The van der Waals surface area contributed by atoms with Crippen LogP contribution in [0.25, 0.3) is 0 Å². The van der Waals surface area contributed by atoms with Gasteiger partial charge in [-0.25, -0.2) is 4.79 Å². The number of para-hydroxylation sites is 1. The topological polar surface area (TPSA) is 67.4 Å². The van der Waals surface area contributed by atoms with Crippen LogP contribution in [-0.2, 0) is 4.79 Å². The lowest BCUT2D eigenvalue weighted by atomic mass is 10.3. The molecule has 0 heterocycles. The number of aldehydes is 1. The molecule has 0 aliphatic carbocycles. The van der Waals surface area contributed by atoms with Crippen LogP contribution in [0.5, 0.6) is 5.75 Å². The van der Waals surface area contributed by atoms with Crippen LogP contribution in [0.15, 0.2) is 54.6 Å². The van der Waals surface area contributed by atoms with Crippen LogP contribution in [-0.4, -0.2) is 18.9 Å². The first kappa shape index (κ1) is 13.6. The van der Waals surface area contributed by atoms with Crippen molar-refractivity contribution in [2.45, 2.75) is 0 Å². The molecular formula is C15H14N2O3. The van der Waals surface area contributed by atoms with E-state index in [1.165, 1.54) is 0 Å². The Kier molecular flexibility index (Phi) is 4.72.